The lowest BCUT2D eigenvalue weighted by molar-refractivity contribution is 0.307. The molecule has 1 unspecified atom stereocenters. The van der Waals surface area contributed by atoms with Crippen LogP contribution in [0.25, 0.3) is 23.3 Å². The van der Waals surface area contributed by atoms with Crippen LogP contribution in [0.2, 0.25) is 0 Å². The molecule has 6 nitrogen and oxygen atoms in total. The summed E-state index contributed by atoms with van der Waals surface area (Å²) in [5, 5.41) is 4.89. The molecule has 218 valence electrons. The smallest absolute Gasteiger partial charge is 0.275 e. The first-order chi connectivity index (χ1) is 21.6. The monoisotopic (exact) mass is 582 g/mol. The first kappa shape index (κ1) is 28.6. The third-order valence-corrected chi connectivity index (χ3v) is 7.41. The van der Waals surface area contributed by atoms with E-state index in [0.29, 0.717) is 47.0 Å². The second-order valence-electron chi connectivity index (χ2n) is 10.5. The zero-order valence-corrected chi connectivity index (χ0v) is 24.2. The Labute approximate surface area is 255 Å². The number of para-hydroxylation sites is 1. The molecule has 0 amide bonds. The molecule has 1 atom stereocenters. The zero-order chi connectivity index (χ0) is 30.3. The minimum Gasteiger partial charge on any atom is -0.488 e. The van der Waals surface area contributed by atoms with E-state index in [0.717, 1.165) is 16.7 Å². The minimum absolute atomic E-state index is 0.298. The highest BCUT2D eigenvalue weighted by atomic mass is 19.1. The molecule has 0 aliphatic rings. The van der Waals surface area contributed by atoms with Gasteiger partial charge in [-0.25, -0.2) is 14.1 Å². The van der Waals surface area contributed by atoms with Gasteiger partial charge < -0.3 is 9.72 Å². The van der Waals surface area contributed by atoms with Gasteiger partial charge in [-0.15, -0.1) is 0 Å². The third kappa shape index (κ3) is 6.42. The Bertz CT molecular complexity index is 1930. The quantitative estimate of drug-likeness (QED) is 0.180. The first-order valence-electron chi connectivity index (χ1n) is 14.4. The highest BCUT2D eigenvalue weighted by Gasteiger charge is 2.25. The Morgan fingerprint density at radius 1 is 0.886 bits per heavy atom. The van der Waals surface area contributed by atoms with Crippen molar-refractivity contribution < 1.29 is 9.13 Å². The number of aryl methyl sites for hydroxylation is 1. The lowest BCUT2D eigenvalue weighted by atomic mass is 9.97. The van der Waals surface area contributed by atoms with Crippen LogP contribution in [0.5, 0.6) is 5.75 Å². The van der Waals surface area contributed by atoms with Gasteiger partial charge in [-0.3, -0.25) is 4.79 Å². The summed E-state index contributed by atoms with van der Waals surface area (Å²) in [5.74, 6) is 0.907. The zero-order valence-electron chi connectivity index (χ0n) is 24.2. The molecule has 0 radical (unpaired) electrons. The number of imidazole rings is 1. The van der Waals surface area contributed by atoms with E-state index in [1.807, 2.05) is 91.9 Å². The number of H-pyrrole nitrogens is 1. The van der Waals surface area contributed by atoms with Crippen LogP contribution in [0.1, 0.15) is 39.8 Å². The van der Waals surface area contributed by atoms with Crippen molar-refractivity contribution in [1.29, 1.82) is 0 Å². The molecule has 0 bridgehead atoms. The minimum atomic E-state index is -0.487. The van der Waals surface area contributed by atoms with Gasteiger partial charge >= 0.3 is 0 Å². The van der Waals surface area contributed by atoms with Crippen LogP contribution in [-0.4, -0.2) is 19.7 Å². The fraction of sp³-hybridized carbons (Fsp3) is 0.108. The van der Waals surface area contributed by atoms with E-state index in [-0.39, 0.29) is 11.4 Å². The Balaban J connectivity index is 1.51. The standard InChI is InChI=1S/C37H31FN4O2/c1-26-35(31-17-8-9-18-34(31)44-25-29-13-6-3-7-14-29)32(20-19-28-15-10-16-30(38)23-28)37(43)42(41-26)33(36-39-21-22-40-36)24-27-11-4-2-5-12-27/h2-23,33H,24-25H2,1H3,(H,39,40). The van der Waals surface area contributed by atoms with Crippen molar-refractivity contribution in [3.63, 3.8) is 0 Å². The summed E-state index contributed by atoms with van der Waals surface area (Å²) in [7, 11) is 0. The van der Waals surface area contributed by atoms with Crippen LogP contribution in [0.3, 0.4) is 0 Å². The molecule has 0 aliphatic heterocycles. The first-order valence-corrected chi connectivity index (χ1v) is 14.4. The number of hydrogen-bond acceptors (Lipinski definition) is 4. The fourth-order valence-corrected chi connectivity index (χ4v) is 5.31. The van der Waals surface area contributed by atoms with Gasteiger partial charge in [0, 0.05) is 29.9 Å². The molecule has 0 saturated carbocycles. The molecule has 7 heteroatoms. The average Bonchev–Trinajstić information content (AvgIpc) is 3.59. The van der Waals surface area contributed by atoms with E-state index < -0.39 is 6.04 Å². The highest BCUT2D eigenvalue weighted by molar-refractivity contribution is 5.84. The molecule has 2 aromatic heterocycles. The number of ether oxygens (including phenoxy) is 1. The number of nitrogens with one attached hydrogen (secondary N) is 1. The van der Waals surface area contributed by atoms with Crippen molar-refractivity contribution >= 4 is 12.2 Å². The molecular formula is C37H31FN4O2. The van der Waals surface area contributed by atoms with E-state index >= 15 is 0 Å². The Morgan fingerprint density at radius 2 is 1.61 bits per heavy atom. The van der Waals surface area contributed by atoms with E-state index in [1.54, 1.807) is 36.7 Å². The molecule has 0 fully saturated rings. The van der Waals surface area contributed by atoms with Gasteiger partial charge in [-0.1, -0.05) is 97.1 Å². The van der Waals surface area contributed by atoms with Gasteiger partial charge in [0.25, 0.3) is 5.56 Å². The maximum atomic E-state index is 14.5. The average molecular weight is 583 g/mol. The number of halogens is 1. The van der Waals surface area contributed by atoms with Crippen LogP contribution in [0.15, 0.2) is 126 Å². The SMILES string of the molecule is Cc1nn(C(Cc2ccccc2)c2ncc[nH]2)c(=O)c(C=Cc2cccc(F)c2)c1-c1ccccc1OCc1ccccc1. The number of hydrogen-bond donors (Lipinski definition) is 1. The van der Waals surface area contributed by atoms with Gasteiger partial charge in [0.05, 0.1) is 11.3 Å². The number of aromatic nitrogens is 4. The van der Waals surface area contributed by atoms with Crippen LogP contribution in [0.4, 0.5) is 4.39 Å². The normalized spacial score (nSPS) is 12.0. The summed E-state index contributed by atoms with van der Waals surface area (Å²) < 4.78 is 21.9. The maximum absolute atomic E-state index is 14.5. The van der Waals surface area contributed by atoms with Crippen LogP contribution < -0.4 is 10.3 Å². The predicted molar refractivity (Wildman–Crippen MR) is 172 cm³/mol. The molecule has 1 N–H and O–H groups in total. The topological polar surface area (TPSA) is 72.8 Å². The van der Waals surface area contributed by atoms with E-state index in [4.69, 9.17) is 9.84 Å². The predicted octanol–water partition coefficient (Wildman–Crippen LogP) is 7.66. The van der Waals surface area contributed by atoms with Crippen molar-refractivity contribution in [2.24, 2.45) is 0 Å². The Hall–Kier alpha value is -5.56. The van der Waals surface area contributed by atoms with E-state index in [1.165, 1.54) is 16.8 Å². The summed E-state index contributed by atoms with van der Waals surface area (Å²) in [6.07, 6.45) is 7.41. The van der Waals surface area contributed by atoms with Crippen molar-refractivity contribution in [1.82, 2.24) is 19.7 Å². The van der Waals surface area contributed by atoms with Crippen molar-refractivity contribution in [3.8, 4) is 16.9 Å². The van der Waals surface area contributed by atoms with Crippen molar-refractivity contribution in [2.45, 2.75) is 26.0 Å². The Morgan fingerprint density at radius 3 is 2.34 bits per heavy atom. The largest absolute Gasteiger partial charge is 0.488 e. The van der Waals surface area contributed by atoms with Crippen LogP contribution >= 0.6 is 0 Å². The summed E-state index contributed by atoms with van der Waals surface area (Å²) in [5.41, 5.74) is 4.87. The molecule has 4 aromatic carbocycles. The lowest BCUT2D eigenvalue weighted by Gasteiger charge is -2.21. The van der Waals surface area contributed by atoms with Crippen LogP contribution in [0, 0.1) is 12.7 Å². The van der Waals surface area contributed by atoms with Gasteiger partial charge in [-0.05, 0) is 47.9 Å². The number of nitrogens with zero attached hydrogens (tertiary/aromatic N) is 3. The molecule has 2 heterocycles. The van der Waals surface area contributed by atoms with Crippen molar-refractivity contribution in [3.05, 3.63) is 172 Å². The van der Waals surface area contributed by atoms with Gasteiger partial charge in [0.15, 0.2) is 0 Å². The maximum Gasteiger partial charge on any atom is 0.275 e. The molecule has 0 aliphatic carbocycles. The molecule has 6 aromatic rings. The second kappa shape index (κ2) is 13.2. The number of rotatable bonds is 10. The Kier molecular flexibility index (Phi) is 8.55. The summed E-state index contributed by atoms with van der Waals surface area (Å²) >= 11 is 0. The van der Waals surface area contributed by atoms with Crippen LogP contribution in [-0.2, 0) is 13.0 Å². The molecular weight excluding hydrogens is 551 g/mol. The number of aromatic amines is 1. The molecule has 44 heavy (non-hydrogen) atoms. The highest BCUT2D eigenvalue weighted by Crippen LogP contribution is 2.35. The summed E-state index contributed by atoms with van der Waals surface area (Å²) in [4.78, 5) is 22.2. The van der Waals surface area contributed by atoms with E-state index in [2.05, 4.69) is 9.97 Å². The van der Waals surface area contributed by atoms with Gasteiger partial charge in [0.2, 0.25) is 0 Å². The van der Waals surface area contributed by atoms with Gasteiger partial charge in [-0.2, -0.15) is 5.10 Å². The van der Waals surface area contributed by atoms with Gasteiger partial charge in [0.1, 0.15) is 30.0 Å². The fourth-order valence-electron chi connectivity index (χ4n) is 5.31. The molecule has 0 saturated heterocycles. The number of benzene rings is 4. The summed E-state index contributed by atoms with van der Waals surface area (Å²) in [6, 6.07) is 33.3. The van der Waals surface area contributed by atoms with E-state index in [9.17, 15) is 9.18 Å². The summed E-state index contributed by atoms with van der Waals surface area (Å²) in [6.45, 7) is 2.26. The molecule has 6 rings (SSSR count). The second-order valence-corrected chi connectivity index (χ2v) is 10.5. The lowest BCUT2D eigenvalue weighted by Crippen LogP contribution is -2.33. The van der Waals surface area contributed by atoms with Crippen molar-refractivity contribution in [2.75, 3.05) is 0 Å². The third-order valence-electron chi connectivity index (χ3n) is 7.41. The molecule has 0 spiro atoms.